The summed E-state index contributed by atoms with van der Waals surface area (Å²) in [6.07, 6.45) is 0.870. The number of hydrogen-bond acceptors (Lipinski definition) is 4. The van der Waals surface area contributed by atoms with Crippen LogP contribution in [0.4, 0.5) is 0 Å². The number of aryl methyl sites for hydroxylation is 1. The summed E-state index contributed by atoms with van der Waals surface area (Å²) in [6, 6.07) is 0. The van der Waals surface area contributed by atoms with Crippen LogP contribution in [0, 0.1) is 12.8 Å². The van der Waals surface area contributed by atoms with Crippen LogP contribution in [0.15, 0.2) is 4.79 Å². The Labute approximate surface area is 211 Å². The van der Waals surface area contributed by atoms with E-state index in [2.05, 4.69) is 23.8 Å². The second-order valence-corrected chi connectivity index (χ2v) is 5.73. The average Bonchev–Trinajstić information content (AvgIpc) is 2.55. The Morgan fingerprint density at radius 2 is 1.95 bits per heavy atom. The zero-order chi connectivity index (χ0) is 13.4. The molecule has 0 saturated carbocycles. The van der Waals surface area contributed by atoms with E-state index in [1.54, 1.807) is 0 Å². The van der Waals surface area contributed by atoms with E-state index in [1.165, 1.54) is 11.3 Å². The molecular formula is C12H18K2N2O4S. The summed E-state index contributed by atoms with van der Waals surface area (Å²) < 4.78 is 0. The Morgan fingerprint density at radius 3 is 2.43 bits per heavy atom. The van der Waals surface area contributed by atoms with E-state index in [4.69, 9.17) is 5.11 Å². The van der Waals surface area contributed by atoms with E-state index in [0.717, 1.165) is 16.9 Å². The molecule has 0 saturated heterocycles. The van der Waals surface area contributed by atoms with Gasteiger partial charge in [-0.2, -0.15) is 0 Å². The summed E-state index contributed by atoms with van der Waals surface area (Å²) in [7, 11) is 0. The first-order valence-corrected chi connectivity index (χ1v) is 6.47. The fourth-order valence-electron chi connectivity index (χ4n) is 1.86. The van der Waals surface area contributed by atoms with Gasteiger partial charge in [0.2, 0.25) is 5.82 Å². The van der Waals surface area contributed by atoms with Crippen LogP contribution in [-0.4, -0.2) is 129 Å². The summed E-state index contributed by atoms with van der Waals surface area (Å²) in [5.74, 6) is -1.04. The van der Waals surface area contributed by atoms with Gasteiger partial charge in [0.1, 0.15) is 4.83 Å². The van der Waals surface area contributed by atoms with Crippen LogP contribution in [0.3, 0.4) is 0 Å². The van der Waals surface area contributed by atoms with Crippen LogP contribution >= 0.6 is 11.3 Å². The molecule has 0 bridgehead atoms. The normalized spacial score (nSPS) is 9.71. The van der Waals surface area contributed by atoms with Gasteiger partial charge in [-0.3, -0.25) is 4.79 Å². The quantitative estimate of drug-likeness (QED) is 0.750. The average molecular weight is 365 g/mol. The number of nitrogens with zero attached hydrogens (tertiary/aromatic N) is 1. The van der Waals surface area contributed by atoms with E-state index in [0.29, 0.717) is 16.1 Å². The molecule has 0 fully saturated rings. The molecule has 0 atom stereocenters. The molecular weight excluding hydrogens is 346 g/mol. The third-order valence-corrected chi connectivity index (χ3v) is 3.90. The Kier molecular flexibility index (Phi) is 12.3. The van der Waals surface area contributed by atoms with Crippen LogP contribution in [0.1, 0.15) is 34.9 Å². The molecule has 0 unspecified atom stereocenters. The first kappa shape index (κ1) is 24.8. The van der Waals surface area contributed by atoms with Gasteiger partial charge in [-0.1, -0.05) is 13.8 Å². The zero-order valence-corrected chi connectivity index (χ0v) is 11.7. The molecule has 0 aliphatic carbocycles. The zero-order valence-electron chi connectivity index (χ0n) is 10.9. The molecule has 0 aromatic carbocycles. The topological polar surface area (TPSA) is 115 Å². The summed E-state index contributed by atoms with van der Waals surface area (Å²) in [6.45, 7) is 6.09. The van der Waals surface area contributed by atoms with Gasteiger partial charge in [-0.25, -0.2) is 9.78 Å². The molecule has 4 N–H and O–H groups in total. The van der Waals surface area contributed by atoms with Gasteiger partial charge in [-0.15, -0.1) is 11.3 Å². The van der Waals surface area contributed by atoms with Crippen molar-refractivity contribution in [2.45, 2.75) is 27.2 Å². The second-order valence-electron chi connectivity index (χ2n) is 4.65. The summed E-state index contributed by atoms with van der Waals surface area (Å²) in [4.78, 5) is 30.6. The maximum absolute atomic E-state index is 11.9. The van der Waals surface area contributed by atoms with Crippen molar-refractivity contribution in [3.63, 3.8) is 0 Å². The van der Waals surface area contributed by atoms with Gasteiger partial charge in [0.05, 0.1) is 5.39 Å². The third-order valence-electron chi connectivity index (χ3n) is 2.70. The van der Waals surface area contributed by atoms with Crippen molar-refractivity contribution in [2.24, 2.45) is 5.92 Å². The summed E-state index contributed by atoms with van der Waals surface area (Å²) >= 11 is 1.40. The Morgan fingerprint density at radius 1 is 1.38 bits per heavy atom. The number of hydrogen-bond donors (Lipinski definition) is 2. The SMILES string of the molecule is Cc1c(CC(C)C)sc2nc(C(=O)O)[nH]c(=O)c12.O.[KH].[KH]. The first-order chi connectivity index (χ1) is 8.40. The molecule has 2 heterocycles. The maximum atomic E-state index is 11.9. The molecule has 6 nitrogen and oxygen atoms in total. The van der Waals surface area contributed by atoms with Crippen LogP contribution < -0.4 is 5.56 Å². The van der Waals surface area contributed by atoms with Crippen molar-refractivity contribution in [3.05, 3.63) is 26.6 Å². The molecule has 2 aromatic heterocycles. The number of carboxylic acid groups (broad SMARTS) is 1. The van der Waals surface area contributed by atoms with Crippen LogP contribution in [0.2, 0.25) is 0 Å². The minimum atomic E-state index is -1.22. The van der Waals surface area contributed by atoms with Crippen molar-refractivity contribution in [2.75, 3.05) is 0 Å². The monoisotopic (exact) mass is 364 g/mol. The fraction of sp³-hybridized carbons (Fsp3) is 0.417. The predicted molar refractivity (Wildman–Crippen MR) is 88.4 cm³/mol. The van der Waals surface area contributed by atoms with Crippen molar-refractivity contribution in [3.8, 4) is 0 Å². The number of nitrogens with one attached hydrogen (secondary N) is 1. The minimum absolute atomic E-state index is 0. The van der Waals surface area contributed by atoms with Crippen LogP contribution in [-0.2, 0) is 6.42 Å². The number of carboxylic acids is 1. The Bertz CT molecular complexity index is 682. The van der Waals surface area contributed by atoms with Crippen LogP contribution in [0.5, 0.6) is 0 Å². The molecule has 0 radical (unpaired) electrons. The van der Waals surface area contributed by atoms with E-state index in [1.807, 2.05) is 6.92 Å². The Balaban J connectivity index is 0. The van der Waals surface area contributed by atoms with E-state index in [-0.39, 0.29) is 120 Å². The number of H-pyrrole nitrogens is 1. The van der Waals surface area contributed by atoms with E-state index < -0.39 is 5.97 Å². The summed E-state index contributed by atoms with van der Waals surface area (Å²) in [5.41, 5.74) is 0.538. The molecule has 2 aromatic rings. The predicted octanol–water partition coefficient (Wildman–Crippen LogP) is 0.0680. The van der Waals surface area contributed by atoms with Gasteiger partial charge in [-0.05, 0) is 24.8 Å². The molecule has 2 rings (SSSR count). The Hall–Kier alpha value is 1.54. The number of carbonyl (C=O) groups is 1. The van der Waals surface area contributed by atoms with Gasteiger partial charge >= 0.3 is 109 Å². The van der Waals surface area contributed by atoms with Gasteiger partial charge < -0.3 is 15.6 Å². The molecule has 21 heavy (non-hydrogen) atoms. The number of rotatable bonds is 3. The molecule has 9 heteroatoms. The second kappa shape index (κ2) is 10.4. The summed E-state index contributed by atoms with van der Waals surface area (Å²) in [5, 5.41) is 9.38. The number of fused-ring (bicyclic) bond motifs is 1. The molecule has 0 aliphatic heterocycles. The number of aromatic amines is 1. The van der Waals surface area contributed by atoms with Gasteiger partial charge in [0.15, 0.2) is 0 Å². The number of aromatic carboxylic acids is 1. The number of thiophene rings is 1. The van der Waals surface area contributed by atoms with Gasteiger partial charge in [0.25, 0.3) is 5.56 Å². The molecule has 0 aliphatic rings. The van der Waals surface area contributed by atoms with E-state index in [9.17, 15) is 9.59 Å². The van der Waals surface area contributed by atoms with Crippen LogP contribution in [0.25, 0.3) is 10.2 Å². The van der Waals surface area contributed by atoms with Crippen molar-refractivity contribution in [1.82, 2.24) is 9.97 Å². The van der Waals surface area contributed by atoms with Crippen molar-refractivity contribution < 1.29 is 15.4 Å². The third kappa shape index (κ3) is 5.84. The first-order valence-electron chi connectivity index (χ1n) is 5.65. The molecule has 0 spiro atoms. The molecule has 0 amide bonds. The standard InChI is InChI=1S/C12H14N2O3S.2K.H2O.2H/c1-5(2)4-7-6(3)8-10(15)13-9(12(16)17)14-11(8)18-7;;;;;/h5H,4H2,1-3H3,(H,16,17)(H,13,14,15);;;1H2;;. The van der Waals surface area contributed by atoms with Gasteiger partial charge in [0, 0.05) is 4.88 Å². The number of aromatic nitrogens is 2. The molecule has 108 valence electrons. The van der Waals surface area contributed by atoms with Crippen molar-refractivity contribution >= 4 is 130 Å². The van der Waals surface area contributed by atoms with E-state index >= 15 is 0 Å². The van der Waals surface area contributed by atoms with Crippen molar-refractivity contribution in [1.29, 1.82) is 0 Å². The fourth-order valence-corrected chi connectivity index (χ4v) is 3.25.